The number of carbonyl (C=O) groups is 1. The first kappa shape index (κ1) is 20.2. The summed E-state index contributed by atoms with van der Waals surface area (Å²) in [6.45, 7) is 6.12. The van der Waals surface area contributed by atoms with Gasteiger partial charge in [0.25, 0.3) is 0 Å². The number of aromatic nitrogens is 1. The van der Waals surface area contributed by atoms with Gasteiger partial charge in [-0.25, -0.2) is 13.6 Å². The van der Waals surface area contributed by atoms with Crippen LogP contribution in [0.15, 0.2) is 36.5 Å². The molecule has 1 aliphatic carbocycles. The fourth-order valence-electron chi connectivity index (χ4n) is 3.97. The summed E-state index contributed by atoms with van der Waals surface area (Å²) >= 11 is 0. The summed E-state index contributed by atoms with van der Waals surface area (Å²) in [5.74, 6) is -2.43. The predicted octanol–water partition coefficient (Wildman–Crippen LogP) is 4.68. The van der Waals surface area contributed by atoms with E-state index in [1.807, 2.05) is 20.8 Å². The second-order valence-corrected chi connectivity index (χ2v) is 8.18. The van der Waals surface area contributed by atoms with E-state index in [0.29, 0.717) is 18.4 Å². The molecule has 0 aliphatic heterocycles. The molecule has 7 heteroatoms. The summed E-state index contributed by atoms with van der Waals surface area (Å²) in [7, 11) is 0. The Kier molecular flexibility index (Phi) is 5.65. The molecule has 3 rings (SSSR count). The molecule has 0 bridgehead atoms. The second kappa shape index (κ2) is 7.83. The molecule has 1 aromatic heterocycles. The molecule has 0 spiro atoms. The van der Waals surface area contributed by atoms with Gasteiger partial charge in [0.15, 0.2) is 11.6 Å². The summed E-state index contributed by atoms with van der Waals surface area (Å²) in [5.41, 5.74) is 1.39. The zero-order valence-corrected chi connectivity index (χ0v) is 16.2. The van der Waals surface area contributed by atoms with E-state index in [-0.39, 0.29) is 17.1 Å². The number of nitrogens with one attached hydrogen (secondary N) is 2. The van der Waals surface area contributed by atoms with Crippen molar-refractivity contribution in [3.8, 4) is 0 Å². The number of hydrogen-bond acceptors (Lipinski definition) is 3. The minimum Gasteiger partial charge on any atom is -0.465 e. The minimum absolute atomic E-state index is 0.129. The van der Waals surface area contributed by atoms with Crippen molar-refractivity contribution in [3.63, 3.8) is 0 Å². The van der Waals surface area contributed by atoms with Gasteiger partial charge in [-0.2, -0.15) is 0 Å². The first-order chi connectivity index (χ1) is 13.2. The van der Waals surface area contributed by atoms with Crippen LogP contribution in [0, 0.1) is 11.6 Å². The fourth-order valence-corrected chi connectivity index (χ4v) is 3.97. The zero-order chi connectivity index (χ0) is 20.5. The number of hydrogen-bond donors (Lipinski definition) is 3. The number of amides is 1. The van der Waals surface area contributed by atoms with Crippen molar-refractivity contribution in [1.29, 1.82) is 0 Å². The largest absolute Gasteiger partial charge is 0.465 e. The van der Waals surface area contributed by atoms with Gasteiger partial charge in [-0.1, -0.05) is 18.2 Å². The Labute approximate surface area is 163 Å². The Bertz CT molecular complexity index is 867. The molecule has 3 atom stereocenters. The van der Waals surface area contributed by atoms with Gasteiger partial charge in [0.2, 0.25) is 0 Å². The van der Waals surface area contributed by atoms with Crippen molar-refractivity contribution in [1.82, 2.24) is 15.6 Å². The van der Waals surface area contributed by atoms with Crippen molar-refractivity contribution < 1.29 is 18.7 Å². The molecule has 1 amide bonds. The zero-order valence-electron chi connectivity index (χ0n) is 16.2. The number of carboxylic acid groups (broad SMARTS) is 1. The molecule has 5 nitrogen and oxygen atoms in total. The van der Waals surface area contributed by atoms with Crippen molar-refractivity contribution in [3.05, 3.63) is 65.0 Å². The van der Waals surface area contributed by atoms with Crippen LogP contribution in [0.1, 0.15) is 68.4 Å². The van der Waals surface area contributed by atoms with E-state index in [2.05, 4.69) is 15.6 Å². The SMILES string of the molecule is CC(C)(C)N[C@@H]1CC[C@@H](c2cccc(F)c2F)[C@H](NC(=O)O)c2cccnc21. The number of rotatable bonds is 3. The van der Waals surface area contributed by atoms with Gasteiger partial charge in [0.1, 0.15) is 0 Å². The van der Waals surface area contributed by atoms with Gasteiger partial charge in [-0.05, 0) is 56.9 Å². The molecule has 2 aromatic rings. The molecule has 1 aliphatic rings. The molecular weight excluding hydrogens is 364 g/mol. The molecule has 1 heterocycles. The Morgan fingerprint density at radius 2 is 1.86 bits per heavy atom. The van der Waals surface area contributed by atoms with Crippen LogP contribution < -0.4 is 10.6 Å². The number of fused-ring (bicyclic) bond motifs is 1. The average molecular weight is 389 g/mol. The summed E-state index contributed by atoms with van der Waals surface area (Å²) in [5, 5.41) is 15.4. The minimum atomic E-state index is -1.22. The standard InChI is InChI=1S/C21H25F2N3O2/c1-21(2,3)26-16-10-9-13(12-6-4-8-15(22)17(12)23)18(25-20(27)28)14-7-5-11-24-19(14)16/h4-8,11,13,16,18,25-26H,9-10H2,1-3H3,(H,27,28)/t13-,16+,18-/m0/s1. The Balaban J connectivity index is 2.12. The van der Waals surface area contributed by atoms with E-state index in [0.717, 1.165) is 11.8 Å². The molecule has 28 heavy (non-hydrogen) atoms. The highest BCUT2D eigenvalue weighted by Gasteiger charge is 2.37. The van der Waals surface area contributed by atoms with Crippen LogP contribution in [0.25, 0.3) is 0 Å². The molecule has 0 fully saturated rings. The number of halogens is 2. The lowest BCUT2D eigenvalue weighted by molar-refractivity contribution is 0.187. The normalized spacial score (nSPS) is 22.2. The Hall–Kier alpha value is -2.54. The quantitative estimate of drug-likeness (QED) is 0.667. The maximum Gasteiger partial charge on any atom is 0.405 e. The molecule has 0 radical (unpaired) electrons. The Morgan fingerprint density at radius 3 is 2.54 bits per heavy atom. The van der Waals surface area contributed by atoms with Crippen LogP contribution in [-0.4, -0.2) is 21.7 Å². The maximum atomic E-state index is 14.6. The molecule has 0 saturated heterocycles. The topological polar surface area (TPSA) is 74.2 Å². The van der Waals surface area contributed by atoms with E-state index in [4.69, 9.17) is 0 Å². The third-order valence-electron chi connectivity index (χ3n) is 4.97. The van der Waals surface area contributed by atoms with Crippen LogP contribution in [0.2, 0.25) is 0 Å². The van der Waals surface area contributed by atoms with E-state index >= 15 is 0 Å². The van der Waals surface area contributed by atoms with Crippen molar-refractivity contribution in [2.75, 3.05) is 0 Å². The van der Waals surface area contributed by atoms with Gasteiger partial charge in [-0.3, -0.25) is 4.98 Å². The monoisotopic (exact) mass is 389 g/mol. The fraction of sp³-hybridized carbons (Fsp3) is 0.429. The van der Waals surface area contributed by atoms with Crippen molar-refractivity contribution >= 4 is 6.09 Å². The van der Waals surface area contributed by atoms with Crippen LogP contribution in [0.5, 0.6) is 0 Å². The van der Waals surface area contributed by atoms with E-state index in [1.165, 1.54) is 12.1 Å². The summed E-state index contributed by atoms with van der Waals surface area (Å²) < 4.78 is 28.5. The van der Waals surface area contributed by atoms with Crippen molar-refractivity contribution in [2.24, 2.45) is 0 Å². The van der Waals surface area contributed by atoms with Crippen LogP contribution in [0.4, 0.5) is 13.6 Å². The lowest BCUT2D eigenvalue weighted by atomic mass is 9.85. The first-order valence-corrected chi connectivity index (χ1v) is 9.33. The molecule has 150 valence electrons. The van der Waals surface area contributed by atoms with E-state index in [1.54, 1.807) is 18.3 Å². The highest BCUT2D eigenvalue weighted by atomic mass is 19.2. The van der Waals surface area contributed by atoms with Crippen LogP contribution >= 0.6 is 0 Å². The first-order valence-electron chi connectivity index (χ1n) is 9.33. The number of nitrogens with zero attached hydrogens (tertiary/aromatic N) is 1. The second-order valence-electron chi connectivity index (χ2n) is 8.18. The highest BCUT2D eigenvalue weighted by Crippen LogP contribution is 2.43. The van der Waals surface area contributed by atoms with E-state index < -0.39 is 29.7 Å². The lowest BCUT2D eigenvalue weighted by Gasteiger charge is -2.28. The van der Waals surface area contributed by atoms with Gasteiger partial charge in [0.05, 0.1) is 17.8 Å². The average Bonchev–Trinajstić information content (AvgIpc) is 2.74. The lowest BCUT2D eigenvalue weighted by Crippen LogP contribution is -2.39. The smallest absolute Gasteiger partial charge is 0.405 e. The maximum absolute atomic E-state index is 14.6. The number of pyridine rings is 1. The van der Waals surface area contributed by atoms with Crippen LogP contribution in [0.3, 0.4) is 0 Å². The Morgan fingerprint density at radius 1 is 1.14 bits per heavy atom. The molecule has 0 unspecified atom stereocenters. The third-order valence-corrected chi connectivity index (χ3v) is 4.97. The molecule has 0 saturated carbocycles. The summed E-state index contributed by atoms with van der Waals surface area (Å²) in [6, 6.07) is 6.71. The summed E-state index contributed by atoms with van der Waals surface area (Å²) in [4.78, 5) is 16.0. The number of benzene rings is 1. The highest BCUT2D eigenvalue weighted by molar-refractivity contribution is 5.65. The molecule has 3 N–H and O–H groups in total. The van der Waals surface area contributed by atoms with Gasteiger partial charge in [0, 0.05) is 17.7 Å². The van der Waals surface area contributed by atoms with Gasteiger partial charge in [-0.15, -0.1) is 0 Å². The van der Waals surface area contributed by atoms with Gasteiger partial charge < -0.3 is 15.7 Å². The van der Waals surface area contributed by atoms with Crippen LogP contribution in [-0.2, 0) is 0 Å². The summed E-state index contributed by atoms with van der Waals surface area (Å²) in [6.07, 6.45) is 1.52. The molecular formula is C21H25F2N3O2. The predicted molar refractivity (Wildman–Crippen MR) is 102 cm³/mol. The van der Waals surface area contributed by atoms with Gasteiger partial charge >= 0.3 is 6.09 Å². The third kappa shape index (κ3) is 4.30. The van der Waals surface area contributed by atoms with E-state index in [9.17, 15) is 18.7 Å². The molecule has 1 aromatic carbocycles. The van der Waals surface area contributed by atoms with Crippen molar-refractivity contribution in [2.45, 2.75) is 57.2 Å².